The van der Waals surface area contributed by atoms with Crippen LogP contribution in [0.5, 0.6) is 0 Å². The molecule has 106 valence electrons. The van der Waals surface area contributed by atoms with Gasteiger partial charge in [0.25, 0.3) is 5.91 Å². The maximum Gasteiger partial charge on any atom is 0.293 e. The van der Waals surface area contributed by atoms with E-state index in [9.17, 15) is 10.5 Å². The van der Waals surface area contributed by atoms with Crippen molar-refractivity contribution in [3.05, 3.63) is 0 Å². The van der Waals surface area contributed by atoms with Crippen molar-refractivity contribution in [1.29, 1.82) is 10.5 Å². The van der Waals surface area contributed by atoms with E-state index in [-0.39, 0.29) is 5.84 Å². The number of hydrogen-bond donors (Lipinski definition) is 1. The second kappa shape index (κ2) is 3.72. The Morgan fingerprint density at radius 2 is 1.95 bits per heavy atom. The van der Waals surface area contributed by atoms with Crippen LogP contribution in [0.1, 0.15) is 33.1 Å². The summed E-state index contributed by atoms with van der Waals surface area (Å²) in [7, 11) is 0. The predicted octanol–water partition coefficient (Wildman–Crippen LogP) is 1.29. The molecule has 0 amide bonds. The van der Waals surface area contributed by atoms with Gasteiger partial charge in [0.15, 0.2) is 5.41 Å². The summed E-state index contributed by atoms with van der Waals surface area (Å²) in [6, 6.07) is 4.57. The van der Waals surface area contributed by atoms with E-state index < -0.39 is 22.2 Å². The van der Waals surface area contributed by atoms with Crippen molar-refractivity contribution in [1.82, 2.24) is 0 Å². The van der Waals surface area contributed by atoms with Gasteiger partial charge in [-0.05, 0) is 6.42 Å². The quantitative estimate of drug-likeness (QED) is 0.834. The van der Waals surface area contributed by atoms with E-state index >= 15 is 0 Å². The van der Waals surface area contributed by atoms with Gasteiger partial charge in [0.2, 0.25) is 0 Å². The molecular weight excluding hydrogens is 256 g/mol. The third kappa shape index (κ3) is 0.963. The number of hydrogen-bond acceptors (Lipinski definition) is 6. The zero-order chi connectivity index (χ0) is 14.6. The summed E-state index contributed by atoms with van der Waals surface area (Å²) in [5.41, 5.74) is 3.25. The fourth-order valence-corrected chi connectivity index (χ4v) is 4.30. The van der Waals surface area contributed by atoms with Crippen molar-refractivity contribution in [2.75, 3.05) is 13.2 Å². The monoisotopic (exact) mass is 274 g/mol. The van der Waals surface area contributed by atoms with Crippen LogP contribution in [0.2, 0.25) is 0 Å². The van der Waals surface area contributed by atoms with Gasteiger partial charge in [0.1, 0.15) is 11.3 Å². The molecule has 0 aromatic rings. The molecule has 6 nitrogen and oxygen atoms in total. The summed E-state index contributed by atoms with van der Waals surface area (Å²) in [6.07, 6.45) is 2.65. The Bertz CT molecular complexity index is 569. The number of aliphatic imine (C=N–C) groups is 1. The fourth-order valence-electron chi connectivity index (χ4n) is 4.30. The molecule has 1 spiro atoms. The normalized spacial score (nSPS) is 43.7. The number of nitriles is 2. The SMILES string of the molecule is CCCC[C@@]1(C)[C@]2(C#N)C(N)=NC3(OCCO3)[C@]12C#N. The molecule has 2 heterocycles. The largest absolute Gasteiger partial charge is 0.386 e. The first-order valence-corrected chi connectivity index (χ1v) is 6.98. The van der Waals surface area contributed by atoms with Gasteiger partial charge in [-0.1, -0.05) is 26.7 Å². The topological polar surface area (TPSA) is 104 Å². The highest BCUT2D eigenvalue weighted by Crippen LogP contribution is 2.86. The van der Waals surface area contributed by atoms with Crippen LogP contribution < -0.4 is 5.73 Å². The maximum absolute atomic E-state index is 9.85. The van der Waals surface area contributed by atoms with Crippen LogP contribution in [-0.2, 0) is 9.47 Å². The van der Waals surface area contributed by atoms with Crippen LogP contribution in [-0.4, -0.2) is 25.0 Å². The molecule has 0 radical (unpaired) electrons. The summed E-state index contributed by atoms with van der Waals surface area (Å²) in [4.78, 5) is 4.24. The van der Waals surface area contributed by atoms with Crippen molar-refractivity contribution in [3.8, 4) is 12.1 Å². The molecular formula is C14H18N4O2. The molecule has 0 aromatic heterocycles. The lowest BCUT2D eigenvalue weighted by molar-refractivity contribution is -0.191. The highest BCUT2D eigenvalue weighted by Gasteiger charge is 2.99. The first-order valence-electron chi connectivity index (χ1n) is 6.98. The number of amidine groups is 1. The standard InChI is InChI=1S/C14H18N4O2/c1-3-4-5-11(2)12(8-15)10(17)18-14(13(11,12)9-16)19-6-7-20-14/h3-7H2,1-2H3,(H2,17,18)/t11-,12-,13+/m0/s1. The van der Waals surface area contributed by atoms with Crippen LogP contribution in [0.3, 0.4) is 0 Å². The lowest BCUT2D eigenvalue weighted by Crippen LogP contribution is -2.40. The number of fused-ring (bicyclic) bond motifs is 2. The third-order valence-electron chi connectivity index (χ3n) is 5.33. The number of ether oxygens (including phenoxy) is 2. The highest BCUT2D eigenvalue weighted by molar-refractivity contribution is 6.00. The average Bonchev–Trinajstić information content (AvgIpc) is 2.75. The maximum atomic E-state index is 9.85. The lowest BCUT2D eigenvalue weighted by atomic mass is 9.87. The number of nitrogens with two attached hydrogens (primary N) is 1. The van der Waals surface area contributed by atoms with Crippen molar-refractivity contribution in [2.45, 2.75) is 39.0 Å². The minimum absolute atomic E-state index is 0.182. The van der Waals surface area contributed by atoms with Crippen LogP contribution in [0.15, 0.2) is 4.99 Å². The number of unbranched alkanes of at least 4 members (excludes halogenated alkanes) is 1. The Labute approximate surface area is 118 Å². The summed E-state index contributed by atoms with van der Waals surface area (Å²) in [5, 5.41) is 19.6. The summed E-state index contributed by atoms with van der Waals surface area (Å²) >= 11 is 0. The van der Waals surface area contributed by atoms with E-state index in [2.05, 4.69) is 24.1 Å². The first kappa shape index (κ1) is 13.4. The fraction of sp³-hybridized carbons (Fsp3) is 0.786. The lowest BCUT2D eigenvalue weighted by Gasteiger charge is -2.29. The van der Waals surface area contributed by atoms with Gasteiger partial charge in [-0.25, -0.2) is 4.99 Å². The van der Waals surface area contributed by atoms with Crippen molar-refractivity contribution < 1.29 is 9.47 Å². The Morgan fingerprint density at radius 1 is 1.30 bits per heavy atom. The van der Waals surface area contributed by atoms with Gasteiger partial charge in [0.05, 0.1) is 25.4 Å². The molecule has 2 fully saturated rings. The number of nitrogens with zero attached hydrogens (tertiary/aromatic N) is 3. The molecule has 2 N–H and O–H groups in total. The minimum atomic E-state index is -1.38. The highest BCUT2D eigenvalue weighted by atomic mass is 16.8. The molecule has 3 rings (SSSR count). The molecule has 3 atom stereocenters. The zero-order valence-corrected chi connectivity index (χ0v) is 11.8. The van der Waals surface area contributed by atoms with Crippen LogP contribution in [0, 0.1) is 38.9 Å². The van der Waals surface area contributed by atoms with E-state index in [1.54, 1.807) is 0 Å². The van der Waals surface area contributed by atoms with Crippen LogP contribution in [0.4, 0.5) is 0 Å². The smallest absolute Gasteiger partial charge is 0.293 e. The molecule has 20 heavy (non-hydrogen) atoms. The molecule has 0 unspecified atom stereocenters. The Morgan fingerprint density at radius 3 is 2.45 bits per heavy atom. The first-order chi connectivity index (χ1) is 9.52. The molecule has 3 aliphatic rings. The van der Waals surface area contributed by atoms with Crippen molar-refractivity contribution in [3.63, 3.8) is 0 Å². The summed E-state index contributed by atoms with van der Waals surface area (Å²) in [6.45, 7) is 4.75. The van der Waals surface area contributed by atoms with Crippen LogP contribution >= 0.6 is 0 Å². The molecule has 2 aliphatic heterocycles. The Kier molecular flexibility index (Phi) is 2.48. The zero-order valence-electron chi connectivity index (χ0n) is 11.8. The van der Waals surface area contributed by atoms with E-state index in [4.69, 9.17) is 15.2 Å². The molecule has 1 saturated heterocycles. The van der Waals surface area contributed by atoms with Gasteiger partial charge in [-0.3, -0.25) is 0 Å². The molecule has 0 bridgehead atoms. The van der Waals surface area contributed by atoms with Gasteiger partial charge < -0.3 is 15.2 Å². The average molecular weight is 274 g/mol. The minimum Gasteiger partial charge on any atom is -0.386 e. The molecule has 0 aromatic carbocycles. The van der Waals surface area contributed by atoms with Crippen molar-refractivity contribution in [2.24, 2.45) is 27.0 Å². The second-order valence-electron chi connectivity index (χ2n) is 5.94. The Balaban J connectivity index is 2.16. The molecule has 6 heteroatoms. The summed E-state index contributed by atoms with van der Waals surface area (Å²) in [5.74, 6) is -1.20. The molecule has 1 saturated carbocycles. The van der Waals surface area contributed by atoms with Gasteiger partial charge in [0, 0.05) is 5.41 Å². The second-order valence-corrected chi connectivity index (χ2v) is 5.94. The van der Waals surface area contributed by atoms with E-state index in [0.29, 0.717) is 13.2 Å². The van der Waals surface area contributed by atoms with Crippen molar-refractivity contribution >= 4 is 5.84 Å². The van der Waals surface area contributed by atoms with E-state index in [1.165, 1.54) is 0 Å². The Hall–Kier alpha value is -1.63. The van der Waals surface area contributed by atoms with Crippen LogP contribution in [0.25, 0.3) is 0 Å². The predicted molar refractivity (Wildman–Crippen MR) is 70.0 cm³/mol. The van der Waals surface area contributed by atoms with Gasteiger partial charge >= 0.3 is 0 Å². The van der Waals surface area contributed by atoms with E-state index in [0.717, 1.165) is 19.3 Å². The van der Waals surface area contributed by atoms with Gasteiger partial charge in [-0.2, -0.15) is 10.5 Å². The van der Waals surface area contributed by atoms with Gasteiger partial charge in [-0.15, -0.1) is 0 Å². The van der Waals surface area contributed by atoms with E-state index in [1.807, 2.05) is 6.92 Å². The third-order valence-corrected chi connectivity index (χ3v) is 5.33. The number of rotatable bonds is 3. The summed E-state index contributed by atoms with van der Waals surface area (Å²) < 4.78 is 11.3. The molecule has 1 aliphatic carbocycles.